The number of nitriles is 2. The maximum absolute atomic E-state index is 10.3. The van der Waals surface area contributed by atoms with Crippen molar-refractivity contribution < 1.29 is 0 Å². The number of nitrogens with zero attached hydrogens (tertiary/aromatic N) is 3. The molecule has 8 rings (SSSR count). The lowest BCUT2D eigenvalue weighted by molar-refractivity contribution is 1.18. The van der Waals surface area contributed by atoms with Gasteiger partial charge in [-0.25, -0.2) is 0 Å². The van der Waals surface area contributed by atoms with Crippen LogP contribution >= 0.6 is 0 Å². The smallest absolute Gasteiger partial charge is 0.179 e. The summed E-state index contributed by atoms with van der Waals surface area (Å²) < 4.78 is 2.25. The Bertz CT molecular complexity index is 2410. The predicted octanol–water partition coefficient (Wildman–Crippen LogP) is 7.57. The summed E-state index contributed by atoms with van der Waals surface area (Å²) in [6, 6.07) is 66.4. The van der Waals surface area contributed by atoms with E-state index < -0.39 is 8.07 Å². The zero-order valence-corrected chi connectivity index (χ0v) is 27.1. The summed E-state index contributed by atoms with van der Waals surface area (Å²) in [7, 11) is -2.76. The molecule has 0 atom stereocenters. The topological polar surface area (TPSA) is 52.5 Å². The fourth-order valence-electron chi connectivity index (χ4n) is 7.29. The molecule has 8 aromatic rings. The van der Waals surface area contributed by atoms with E-state index in [-0.39, 0.29) is 0 Å². The number of benzene rings is 7. The maximum atomic E-state index is 10.3. The van der Waals surface area contributed by atoms with Crippen molar-refractivity contribution in [3.05, 3.63) is 187 Å². The molecule has 0 amide bonds. The molecule has 0 saturated carbocycles. The highest BCUT2D eigenvalue weighted by molar-refractivity contribution is 7.19. The Balaban J connectivity index is 1.32. The molecule has 0 aliphatic rings. The van der Waals surface area contributed by atoms with Crippen molar-refractivity contribution in [2.24, 2.45) is 0 Å². The summed E-state index contributed by atoms with van der Waals surface area (Å²) in [5, 5.41) is 27.2. The van der Waals surface area contributed by atoms with Gasteiger partial charge in [-0.05, 0) is 74.3 Å². The van der Waals surface area contributed by atoms with Crippen LogP contribution in [0.5, 0.6) is 0 Å². The Morgan fingerprint density at radius 3 is 1.58 bits per heavy atom. The molecule has 1 heterocycles. The van der Waals surface area contributed by atoms with Crippen LogP contribution in [0.15, 0.2) is 176 Å². The van der Waals surface area contributed by atoms with Gasteiger partial charge in [-0.15, -0.1) is 0 Å². The van der Waals surface area contributed by atoms with Gasteiger partial charge in [0.15, 0.2) is 8.07 Å². The Kier molecular flexibility index (Phi) is 7.27. The van der Waals surface area contributed by atoms with E-state index in [1.54, 1.807) is 0 Å². The number of fused-ring (bicyclic) bond motifs is 3. The van der Waals surface area contributed by atoms with E-state index in [1.165, 1.54) is 20.7 Å². The Labute approximate surface area is 280 Å². The monoisotopic (exact) mass is 627 g/mol. The molecule has 0 fully saturated rings. The van der Waals surface area contributed by atoms with Gasteiger partial charge in [0.1, 0.15) is 0 Å². The summed E-state index contributed by atoms with van der Waals surface area (Å²) >= 11 is 0. The van der Waals surface area contributed by atoms with E-state index >= 15 is 0 Å². The standard InChI is InChI=1S/C44H29N3Si/c45-30-32-20-27-44-42(28-32)40-18-10-11-19-43(40)47(44)35-24-21-33(22-25-35)41-29-39(26-23-34(41)31-46)48(36-12-4-1-5-13-36,37-14-6-2-7-15-37)38-16-8-3-9-17-38/h1-29H. The molecule has 1 aromatic heterocycles. The van der Waals surface area contributed by atoms with Crippen LogP contribution in [0.4, 0.5) is 0 Å². The van der Waals surface area contributed by atoms with Gasteiger partial charge in [0.2, 0.25) is 0 Å². The fraction of sp³-hybridized carbons (Fsp3) is 0. The minimum absolute atomic E-state index is 0.643. The molecule has 48 heavy (non-hydrogen) atoms. The average molecular weight is 628 g/mol. The molecule has 0 saturated heterocycles. The van der Waals surface area contributed by atoms with E-state index in [9.17, 15) is 10.5 Å². The van der Waals surface area contributed by atoms with Crippen LogP contribution < -0.4 is 20.7 Å². The number of rotatable bonds is 6. The molecule has 0 bridgehead atoms. The molecule has 0 aliphatic carbocycles. The van der Waals surface area contributed by atoms with E-state index in [0.29, 0.717) is 11.1 Å². The van der Waals surface area contributed by atoms with Crippen LogP contribution in [0, 0.1) is 22.7 Å². The number of aromatic nitrogens is 1. The van der Waals surface area contributed by atoms with Crippen molar-refractivity contribution in [3.63, 3.8) is 0 Å². The van der Waals surface area contributed by atoms with Crippen molar-refractivity contribution in [2.75, 3.05) is 0 Å². The summed E-state index contributed by atoms with van der Waals surface area (Å²) in [5.41, 5.74) is 6.34. The zero-order valence-electron chi connectivity index (χ0n) is 26.1. The van der Waals surface area contributed by atoms with Crippen LogP contribution in [-0.4, -0.2) is 12.6 Å². The number of hydrogen-bond donors (Lipinski definition) is 0. The van der Waals surface area contributed by atoms with Gasteiger partial charge in [0, 0.05) is 16.5 Å². The first-order valence-corrected chi connectivity index (χ1v) is 18.0. The second-order valence-corrected chi connectivity index (χ2v) is 15.8. The minimum atomic E-state index is -2.76. The molecular formula is C44H29N3Si. The van der Waals surface area contributed by atoms with Crippen molar-refractivity contribution in [2.45, 2.75) is 0 Å². The lowest BCUT2D eigenvalue weighted by Gasteiger charge is -2.34. The zero-order chi connectivity index (χ0) is 32.5. The van der Waals surface area contributed by atoms with Gasteiger partial charge >= 0.3 is 0 Å². The van der Waals surface area contributed by atoms with Gasteiger partial charge in [-0.3, -0.25) is 0 Å². The first-order chi connectivity index (χ1) is 23.7. The molecule has 4 heteroatoms. The molecule has 0 spiro atoms. The number of para-hydroxylation sites is 1. The van der Waals surface area contributed by atoms with Gasteiger partial charge in [0.25, 0.3) is 0 Å². The Hall–Kier alpha value is -6.46. The van der Waals surface area contributed by atoms with Gasteiger partial charge in [-0.1, -0.05) is 133 Å². The molecule has 3 nitrogen and oxygen atoms in total. The van der Waals surface area contributed by atoms with E-state index in [1.807, 2.05) is 36.4 Å². The highest BCUT2D eigenvalue weighted by Crippen LogP contribution is 2.33. The second kappa shape index (κ2) is 12.0. The molecule has 0 N–H and O–H groups in total. The Morgan fingerprint density at radius 1 is 0.438 bits per heavy atom. The highest BCUT2D eigenvalue weighted by atomic mass is 28.3. The SMILES string of the molecule is N#Cc1ccc2c(c1)c1ccccc1n2-c1ccc(-c2cc([Si](c3ccccc3)(c3ccccc3)c3ccccc3)ccc2C#N)cc1. The molecule has 7 aromatic carbocycles. The molecule has 0 unspecified atom stereocenters. The van der Waals surface area contributed by atoms with Crippen LogP contribution in [0.25, 0.3) is 38.6 Å². The largest absolute Gasteiger partial charge is 0.309 e. The first-order valence-electron chi connectivity index (χ1n) is 16.0. The van der Waals surface area contributed by atoms with Gasteiger partial charge in [0.05, 0.1) is 34.3 Å². The minimum Gasteiger partial charge on any atom is -0.309 e. The predicted molar refractivity (Wildman–Crippen MR) is 199 cm³/mol. The van der Waals surface area contributed by atoms with E-state index in [4.69, 9.17) is 0 Å². The molecular weight excluding hydrogens is 599 g/mol. The summed E-state index contributed by atoms with van der Waals surface area (Å²) in [4.78, 5) is 0. The second-order valence-electron chi connectivity index (χ2n) is 12.0. The van der Waals surface area contributed by atoms with Crippen molar-refractivity contribution in [1.29, 1.82) is 10.5 Å². The van der Waals surface area contributed by atoms with Crippen molar-refractivity contribution in [3.8, 4) is 29.0 Å². The molecule has 0 radical (unpaired) electrons. The summed E-state index contributed by atoms with van der Waals surface area (Å²) in [5.74, 6) is 0. The van der Waals surface area contributed by atoms with Crippen molar-refractivity contribution in [1.82, 2.24) is 4.57 Å². The van der Waals surface area contributed by atoms with Crippen LogP contribution in [-0.2, 0) is 0 Å². The lowest BCUT2D eigenvalue weighted by Crippen LogP contribution is -2.74. The van der Waals surface area contributed by atoms with Gasteiger partial charge < -0.3 is 4.57 Å². The number of hydrogen-bond acceptors (Lipinski definition) is 2. The van der Waals surface area contributed by atoms with E-state index in [0.717, 1.165) is 38.6 Å². The fourth-order valence-corrected chi connectivity index (χ4v) is 12.1. The summed E-state index contributed by atoms with van der Waals surface area (Å²) in [6.45, 7) is 0. The third-order valence-electron chi connectivity index (χ3n) is 9.43. The summed E-state index contributed by atoms with van der Waals surface area (Å²) in [6.07, 6.45) is 0. The van der Waals surface area contributed by atoms with Gasteiger partial charge in [-0.2, -0.15) is 10.5 Å². The van der Waals surface area contributed by atoms with Crippen LogP contribution in [0.1, 0.15) is 11.1 Å². The van der Waals surface area contributed by atoms with Crippen molar-refractivity contribution >= 4 is 50.6 Å². The molecule has 0 aliphatic heterocycles. The normalized spacial score (nSPS) is 11.3. The lowest BCUT2D eigenvalue weighted by atomic mass is 10.00. The third kappa shape index (κ3) is 4.64. The van der Waals surface area contributed by atoms with Crippen LogP contribution in [0.3, 0.4) is 0 Å². The first kappa shape index (κ1) is 29.0. The maximum Gasteiger partial charge on any atom is 0.179 e. The van der Waals surface area contributed by atoms with Crippen LogP contribution in [0.2, 0.25) is 0 Å². The van der Waals surface area contributed by atoms with E-state index in [2.05, 4.69) is 156 Å². The molecule has 224 valence electrons. The average Bonchev–Trinajstić information content (AvgIpc) is 3.50. The Morgan fingerprint density at radius 2 is 1.00 bits per heavy atom. The third-order valence-corrected chi connectivity index (χ3v) is 14.2. The highest BCUT2D eigenvalue weighted by Gasteiger charge is 2.41. The quantitative estimate of drug-likeness (QED) is 0.141.